The Balaban J connectivity index is 0.000000954. The van der Waals surface area contributed by atoms with Crippen LogP contribution in [0.25, 0.3) is 5.76 Å². The summed E-state index contributed by atoms with van der Waals surface area (Å²) in [5.74, 6) is -0.872. The first kappa shape index (κ1) is 22.8. The average molecular weight is 579 g/mol. The first-order valence-corrected chi connectivity index (χ1v) is 7.65. The van der Waals surface area contributed by atoms with Gasteiger partial charge in [-0.25, -0.2) is 0 Å². The van der Waals surface area contributed by atoms with Gasteiger partial charge in [-0.2, -0.15) is 0 Å². The van der Waals surface area contributed by atoms with Gasteiger partial charge >= 0.3 is 27.7 Å². The van der Waals surface area contributed by atoms with E-state index in [1.807, 2.05) is 54.6 Å². The summed E-state index contributed by atoms with van der Waals surface area (Å²) >= 11 is 3.37. The molecule has 2 aromatic carbocycles. The van der Waals surface area contributed by atoms with E-state index in [2.05, 4.69) is 15.9 Å². The van der Waals surface area contributed by atoms with Crippen LogP contribution in [-0.4, -0.2) is 18.2 Å². The van der Waals surface area contributed by atoms with Crippen molar-refractivity contribution in [1.82, 2.24) is 0 Å². The quantitative estimate of drug-likeness (QED) is 0.446. The van der Waals surface area contributed by atoms with Gasteiger partial charge in [-0.3, -0.25) is 0 Å². The Labute approximate surface area is 170 Å². The summed E-state index contributed by atoms with van der Waals surface area (Å²) in [5.41, 5.74) is 1.77. The standard InChI is InChI=1S/C16H15BrO2.C2H4O2.Hg/c1-19-16(13-5-3-2-4-6-13)11-15(18)12-7-9-14(17)10-8-12;1-2(3)4;/h2-11,16,18H,1H3;1H3,(H,3,4);/q;;+1/p-1/b15-11-;;. The maximum atomic E-state index is 10.1. The van der Waals surface area contributed by atoms with Gasteiger partial charge in [0.05, 0.1) is 0 Å². The molecule has 0 heterocycles. The van der Waals surface area contributed by atoms with E-state index in [1.165, 1.54) is 0 Å². The molecule has 0 aromatic heterocycles. The third-order valence-electron chi connectivity index (χ3n) is 2.83. The minimum Gasteiger partial charge on any atom is -0.550 e. The SMILES string of the molecule is CC(=O)[O-].COC(/C=C(\O)c1ccc(Br)cc1)c1ccccc1.[Hg+]. The molecule has 0 bridgehead atoms. The van der Waals surface area contributed by atoms with Crippen molar-refractivity contribution in [2.45, 2.75) is 13.0 Å². The number of carboxylic acids is 1. The Hall–Kier alpha value is -1.17. The molecule has 0 saturated heterocycles. The number of benzene rings is 2. The molecule has 0 aliphatic heterocycles. The molecule has 24 heavy (non-hydrogen) atoms. The van der Waals surface area contributed by atoms with Crippen molar-refractivity contribution in [3.05, 3.63) is 76.3 Å². The Kier molecular flexibility index (Phi) is 11.6. The van der Waals surface area contributed by atoms with Gasteiger partial charge in [0, 0.05) is 23.1 Å². The van der Waals surface area contributed by atoms with E-state index in [9.17, 15) is 5.11 Å². The molecule has 4 nitrogen and oxygen atoms in total. The number of methoxy groups -OCH3 is 1. The number of aliphatic hydroxyl groups is 1. The molecule has 2 rings (SSSR count). The molecule has 0 aliphatic carbocycles. The number of rotatable bonds is 4. The number of ether oxygens (including phenoxy) is 1. The third-order valence-corrected chi connectivity index (χ3v) is 3.36. The second kappa shape index (κ2) is 12.2. The van der Waals surface area contributed by atoms with Gasteiger partial charge in [-0.05, 0) is 30.7 Å². The van der Waals surface area contributed by atoms with Crippen molar-refractivity contribution in [2.24, 2.45) is 0 Å². The van der Waals surface area contributed by atoms with Crippen LogP contribution in [0.3, 0.4) is 0 Å². The topological polar surface area (TPSA) is 69.6 Å². The molecule has 0 aliphatic rings. The van der Waals surface area contributed by atoms with Gasteiger partial charge in [0.15, 0.2) is 0 Å². The van der Waals surface area contributed by atoms with Crippen molar-refractivity contribution in [2.75, 3.05) is 7.11 Å². The van der Waals surface area contributed by atoms with E-state index in [0.717, 1.165) is 22.5 Å². The number of hydrogen-bond acceptors (Lipinski definition) is 4. The Bertz CT molecular complexity index is 638. The van der Waals surface area contributed by atoms with Gasteiger partial charge in [-0.15, -0.1) is 0 Å². The molecule has 123 valence electrons. The summed E-state index contributed by atoms with van der Waals surface area (Å²) in [6.07, 6.45) is 1.45. The summed E-state index contributed by atoms with van der Waals surface area (Å²) < 4.78 is 6.39. The van der Waals surface area contributed by atoms with Crippen LogP contribution in [0.15, 0.2) is 65.1 Å². The van der Waals surface area contributed by atoms with Crippen molar-refractivity contribution >= 4 is 27.7 Å². The molecule has 0 amide bonds. The van der Waals surface area contributed by atoms with Gasteiger partial charge in [0.25, 0.3) is 0 Å². The fourth-order valence-electron chi connectivity index (χ4n) is 1.80. The fourth-order valence-corrected chi connectivity index (χ4v) is 2.07. The van der Waals surface area contributed by atoms with Crippen molar-refractivity contribution in [3.63, 3.8) is 0 Å². The second-order valence-electron chi connectivity index (χ2n) is 4.62. The maximum Gasteiger partial charge on any atom is 1.00 e. The van der Waals surface area contributed by atoms with E-state index in [1.54, 1.807) is 13.2 Å². The number of hydrogen-bond donors (Lipinski definition) is 1. The second-order valence-corrected chi connectivity index (χ2v) is 5.53. The largest absolute Gasteiger partial charge is 1.00 e. The number of aliphatic carboxylic acids is 1. The van der Waals surface area contributed by atoms with Gasteiger partial charge in [0.1, 0.15) is 11.9 Å². The van der Waals surface area contributed by atoms with Crippen molar-refractivity contribution in [1.29, 1.82) is 0 Å². The van der Waals surface area contributed by atoms with Crippen LogP contribution in [0.5, 0.6) is 0 Å². The fraction of sp³-hybridized carbons (Fsp3) is 0.167. The zero-order chi connectivity index (χ0) is 17.2. The first-order chi connectivity index (χ1) is 10.9. The van der Waals surface area contributed by atoms with Crippen molar-refractivity contribution in [3.8, 4) is 0 Å². The minimum absolute atomic E-state index is 0. The van der Waals surface area contributed by atoms with Crippen LogP contribution in [0, 0.1) is 0 Å². The van der Waals surface area contributed by atoms with Crippen LogP contribution in [0.2, 0.25) is 0 Å². The van der Waals surface area contributed by atoms with E-state index in [4.69, 9.17) is 14.6 Å². The van der Waals surface area contributed by atoms with Crippen LogP contribution in [0.1, 0.15) is 24.2 Å². The van der Waals surface area contributed by atoms with Gasteiger partial charge in [-0.1, -0.05) is 58.4 Å². The van der Waals surface area contributed by atoms with E-state index in [0.29, 0.717) is 0 Å². The molecule has 1 unspecified atom stereocenters. The number of carbonyl (C=O) groups is 1. The maximum absolute atomic E-state index is 10.1. The van der Waals surface area contributed by atoms with Crippen LogP contribution >= 0.6 is 15.9 Å². The molecule has 0 saturated carbocycles. The average Bonchev–Trinajstić information content (AvgIpc) is 2.53. The summed E-state index contributed by atoms with van der Waals surface area (Å²) in [7, 11) is 1.63. The van der Waals surface area contributed by atoms with Crippen LogP contribution < -0.4 is 5.11 Å². The van der Waals surface area contributed by atoms with Crippen LogP contribution in [-0.2, 0) is 37.2 Å². The monoisotopic (exact) mass is 579 g/mol. The third kappa shape index (κ3) is 8.61. The summed E-state index contributed by atoms with van der Waals surface area (Å²) in [4.78, 5) is 8.89. The number of halogens is 1. The molecule has 0 fully saturated rings. The van der Waals surface area contributed by atoms with E-state index in [-0.39, 0.29) is 39.5 Å². The molecule has 1 atom stereocenters. The van der Waals surface area contributed by atoms with E-state index >= 15 is 0 Å². The number of carbonyl (C=O) groups excluding carboxylic acids is 1. The zero-order valence-corrected chi connectivity index (χ0v) is 20.7. The predicted molar refractivity (Wildman–Crippen MR) is 91.6 cm³/mol. The zero-order valence-electron chi connectivity index (χ0n) is 13.6. The van der Waals surface area contributed by atoms with Gasteiger partial charge < -0.3 is 19.7 Å². The summed E-state index contributed by atoms with van der Waals surface area (Å²) in [5, 5.41) is 19.0. The normalized spacial score (nSPS) is 11.5. The smallest absolute Gasteiger partial charge is 0.550 e. The molecular weight excluding hydrogens is 561 g/mol. The van der Waals surface area contributed by atoms with Crippen molar-refractivity contribution < 1.29 is 47.4 Å². The van der Waals surface area contributed by atoms with E-state index < -0.39 is 5.97 Å². The molecular formula is C18H18BrHgO4. The Morgan fingerprint density at radius 3 is 2.12 bits per heavy atom. The Morgan fingerprint density at radius 2 is 1.67 bits per heavy atom. The molecule has 6 heteroatoms. The Morgan fingerprint density at radius 1 is 1.17 bits per heavy atom. The number of carboxylic acid groups (broad SMARTS) is 1. The minimum atomic E-state index is -1.08. The number of aliphatic hydroxyl groups excluding tert-OH is 1. The first-order valence-electron chi connectivity index (χ1n) is 6.86. The molecule has 1 radical (unpaired) electrons. The van der Waals surface area contributed by atoms with Crippen LogP contribution in [0.4, 0.5) is 0 Å². The van der Waals surface area contributed by atoms with Gasteiger partial charge in [0.2, 0.25) is 0 Å². The summed E-state index contributed by atoms with van der Waals surface area (Å²) in [6, 6.07) is 17.3. The summed E-state index contributed by atoms with van der Waals surface area (Å²) in [6.45, 7) is 0.972. The molecule has 1 N–H and O–H groups in total. The molecule has 0 spiro atoms. The molecule has 2 aromatic rings. The predicted octanol–water partition coefficient (Wildman–Crippen LogP) is 3.49.